The maximum atomic E-state index is 12.5. The Balaban J connectivity index is 2.08. The van der Waals surface area contributed by atoms with E-state index in [1.54, 1.807) is 18.2 Å². The predicted octanol–water partition coefficient (Wildman–Crippen LogP) is 4.21. The number of aromatic nitrogens is 1. The number of rotatable bonds is 6. The number of nitrogens with zero attached hydrogens (tertiary/aromatic N) is 2. The number of halogens is 2. The molecular weight excluding hydrogens is 369 g/mol. The van der Waals surface area contributed by atoms with Crippen LogP contribution in [-0.4, -0.2) is 35.5 Å². The van der Waals surface area contributed by atoms with Gasteiger partial charge in [-0.3, -0.25) is 0 Å². The number of hydrogen-bond acceptors (Lipinski definition) is 5. The first-order valence-corrected chi connectivity index (χ1v) is 8.23. The van der Waals surface area contributed by atoms with E-state index in [4.69, 9.17) is 27.6 Å². The number of hydrogen-bond donors (Lipinski definition) is 1. The van der Waals surface area contributed by atoms with Gasteiger partial charge >= 0.3 is 12.0 Å². The van der Waals surface area contributed by atoms with Gasteiger partial charge in [-0.2, -0.15) is 0 Å². The number of methoxy groups -OCH3 is 1. The summed E-state index contributed by atoms with van der Waals surface area (Å²) in [4.78, 5) is 29.4. The Bertz CT molecular complexity index is 764. The van der Waals surface area contributed by atoms with Gasteiger partial charge in [0.05, 0.1) is 23.7 Å². The zero-order valence-electron chi connectivity index (χ0n) is 13.7. The molecule has 0 fully saturated rings. The lowest BCUT2D eigenvalue weighted by Gasteiger charge is -2.21. The maximum absolute atomic E-state index is 12.5. The SMILES string of the molecule is CCCN(Cc1nc(C(=O)OC)co1)C(=O)Nc1ccc(Cl)c(Cl)c1. The Hall–Kier alpha value is -2.25. The summed E-state index contributed by atoms with van der Waals surface area (Å²) in [6, 6.07) is 4.46. The van der Waals surface area contributed by atoms with E-state index < -0.39 is 5.97 Å². The maximum Gasteiger partial charge on any atom is 0.360 e. The van der Waals surface area contributed by atoms with Crippen LogP contribution in [0.3, 0.4) is 0 Å². The third-order valence-corrected chi connectivity index (χ3v) is 3.96. The fourth-order valence-electron chi connectivity index (χ4n) is 2.04. The Morgan fingerprint density at radius 3 is 2.72 bits per heavy atom. The number of carbonyl (C=O) groups excluding carboxylic acids is 2. The molecule has 134 valence electrons. The van der Waals surface area contributed by atoms with Crippen LogP contribution in [-0.2, 0) is 11.3 Å². The average molecular weight is 386 g/mol. The number of benzene rings is 1. The summed E-state index contributed by atoms with van der Waals surface area (Å²) in [7, 11) is 1.25. The smallest absolute Gasteiger partial charge is 0.360 e. The van der Waals surface area contributed by atoms with Gasteiger partial charge in [0.25, 0.3) is 0 Å². The Labute approximate surface area is 154 Å². The molecule has 0 atom stereocenters. The standard InChI is InChI=1S/C16H17Cl2N3O4/c1-3-6-21(8-14-20-13(9-25-14)15(22)24-2)16(23)19-10-4-5-11(17)12(18)7-10/h4-5,7,9H,3,6,8H2,1-2H3,(H,19,23). The lowest BCUT2D eigenvalue weighted by atomic mass is 10.3. The number of anilines is 1. The fraction of sp³-hybridized carbons (Fsp3) is 0.312. The first-order chi connectivity index (χ1) is 11.9. The molecule has 1 heterocycles. The van der Waals surface area contributed by atoms with Crippen molar-refractivity contribution in [1.82, 2.24) is 9.88 Å². The molecule has 9 heteroatoms. The van der Waals surface area contributed by atoms with E-state index in [0.717, 1.165) is 6.42 Å². The van der Waals surface area contributed by atoms with Gasteiger partial charge in [0.15, 0.2) is 5.69 Å². The Kier molecular flexibility index (Phi) is 6.66. The van der Waals surface area contributed by atoms with Crippen LogP contribution in [0.25, 0.3) is 0 Å². The van der Waals surface area contributed by atoms with E-state index in [-0.39, 0.29) is 24.2 Å². The monoisotopic (exact) mass is 385 g/mol. The van der Waals surface area contributed by atoms with Gasteiger partial charge < -0.3 is 19.4 Å². The highest BCUT2D eigenvalue weighted by Gasteiger charge is 2.18. The minimum Gasteiger partial charge on any atom is -0.464 e. The largest absolute Gasteiger partial charge is 0.464 e. The van der Waals surface area contributed by atoms with Crippen LogP contribution in [0.5, 0.6) is 0 Å². The number of esters is 1. The zero-order chi connectivity index (χ0) is 18.4. The van der Waals surface area contributed by atoms with Crippen LogP contribution >= 0.6 is 23.2 Å². The number of nitrogens with one attached hydrogen (secondary N) is 1. The van der Waals surface area contributed by atoms with Gasteiger partial charge in [-0.1, -0.05) is 30.1 Å². The second kappa shape index (κ2) is 8.73. The van der Waals surface area contributed by atoms with Gasteiger partial charge in [0.2, 0.25) is 5.89 Å². The summed E-state index contributed by atoms with van der Waals surface area (Å²) in [6.45, 7) is 2.52. The quantitative estimate of drug-likeness (QED) is 0.752. The summed E-state index contributed by atoms with van der Waals surface area (Å²) in [5.41, 5.74) is 0.571. The molecular formula is C16H17Cl2N3O4. The molecule has 1 N–H and O–H groups in total. The van der Waals surface area contributed by atoms with Crippen LogP contribution < -0.4 is 5.32 Å². The molecule has 0 aliphatic carbocycles. The van der Waals surface area contributed by atoms with E-state index in [1.807, 2.05) is 6.92 Å². The van der Waals surface area contributed by atoms with Crippen molar-refractivity contribution in [3.63, 3.8) is 0 Å². The third kappa shape index (κ3) is 5.11. The Morgan fingerprint density at radius 1 is 1.32 bits per heavy atom. The second-order valence-corrected chi connectivity index (χ2v) is 5.91. The van der Waals surface area contributed by atoms with Crippen molar-refractivity contribution in [2.75, 3.05) is 19.0 Å². The number of oxazole rings is 1. The summed E-state index contributed by atoms with van der Waals surface area (Å²) in [6.07, 6.45) is 1.93. The molecule has 0 aliphatic heterocycles. The number of carbonyl (C=O) groups is 2. The first kappa shape index (κ1) is 19.1. The molecule has 0 spiro atoms. The van der Waals surface area contributed by atoms with Gasteiger partial charge in [-0.05, 0) is 24.6 Å². The number of ether oxygens (including phenoxy) is 1. The minimum absolute atomic E-state index is 0.0545. The highest BCUT2D eigenvalue weighted by atomic mass is 35.5. The van der Waals surface area contributed by atoms with E-state index in [1.165, 1.54) is 18.3 Å². The van der Waals surface area contributed by atoms with Gasteiger partial charge in [-0.15, -0.1) is 0 Å². The summed E-state index contributed by atoms with van der Waals surface area (Å²) in [5.74, 6) is -0.365. The van der Waals surface area contributed by atoms with Crippen molar-refractivity contribution in [2.24, 2.45) is 0 Å². The predicted molar refractivity (Wildman–Crippen MR) is 94.0 cm³/mol. The molecule has 0 aliphatic rings. The molecule has 2 rings (SSSR count). The molecule has 0 radical (unpaired) electrons. The van der Waals surface area contributed by atoms with Crippen LogP contribution in [0.1, 0.15) is 29.7 Å². The fourth-order valence-corrected chi connectivity index (χ4v) is 2.34. The second-order valence-electron chi connectivity index (χ2n) is 5.10. The lowest BCUT2D eigenvalue weighted by molar-refractivity contribution is 0.0594. The molecule has 0 bridgehead atoms. The number of urea groups is 1. The molecule has 0 saturated heterocycles. The topological polar surface area (TPSA) is 84.7 Å². The van der Waals surface area contributed by atoms with E-state index >= 15 is 0 Å². The van der Waals surface area contributed by atoms with Crippen molar-refractivity contribution in [3.8, 4) is 0 Å². The third-order valence-electron chi connectivity index (χ3n) is 3.22. The van der Waals surface area contributed by atoms with Crippen LogP contribution in [0.4, 0.5) is 10.5 Å². The van der Waals surface area contributed by atoms with E-state index in [9.17, 15) is 9.59 Å². The first-order valence-electron chi connectivity index (χ1n) is 7.48. The molecule has 1 aromatic carbocycles. The highest BCUT2D eigenvalue weighted by molar-refractivity contribution is 6.42. The molecule has 25 heavy (non-hydrogen) atoms. The van der Waals surface area contributed by atoms with Crippen molar-refractivity contribution >= 4 is 40.9 Å². The lowest BCUT2D eigenvalue weighted by Crippen LogP contribution is -2.35. The van der Waals surface area contributed by atoms with Crippen LogP contribution in [0.15, 0.2) is 28.9 Å². The molecule has 2 amide bonds. The van der Waals surface area contributed by atoms with E-state index in [0.29, 0.717) is 22.3 Å². The van der Waals surface area contributed by atoms with Gasteiger partial charge in [0, 0.05) is 12.2 Å². The molecule has 0 saturated carbocycles. The molecule has 2 aromatic rings. The zero-order valence-corrected chi connectivity index (χ0v) is 15.2. The van der Waals surface area contributed by atoms with Crippen LogP contribution in [0.2, 0.25) is 10.0 Å². The number of amides is 2. The minimum atomic E-state index is -0.600. The van der Waals surface area contributed by atoms with Crippen LogP contribution in [0, 0.1) is 0 Å². The van der Waals surface area contributed by atoms with Gasteiger partial charge in [-0.25, -0.2) is 14.6 Å². The normalized spacial score (nSPS) is 10.4. The summed E-state index contributed by atoms with van der Waals surface area (Å²) < 4.78 is 9.80. The van der Waals surface area contributed by atoms with Crippen molar-refractivity contribution in [1.29, 1.82) is 0 Å². The van der Waals surface area contributed by atoms with Crippen molar-refractivity contribution < 1.29 is 18.7 Å². The Morgan fingerprint density at radius 2 is 2.08 bits per heavy atom. The molecule has 7 nitrogen and oxygen atoms in total. The van der Waals surface area contributed by atoms with Gasteiger partial charge in [0.1, 0.15) is 6.26 Å². The van der Waals surface area contributed by atoms with Crippen molar-refractivity contribution in [3.05, 3.63) is 46.1 Å². The summed E-state index contributed by atoms with van der Waals surface area (Å²) >= 11 is 11.8. The molecule has 1 aromatic heterocycles. The van der Waals surface area contributed by atoms with Crippen molar-refractivity contribution in [2.45, 2.75) is 19.9 Å². The highest BCUT2D eigenvalue weighted by Crippen LogP contribution is 2.25. The summed E-state index contributed by atoms with van der Waals surface area (Å²) in [5, 5.41) is 3.49. The van der Waals surface area contributed by atoms with E-state index in [2.05, 4.69) is 15.0 Å². The molecule has 0 unspecified atom stereocenters. The average Bonchev–Trinajstić information content (AvgIpc) is 3.05.